The maximum Gasteiger partial charge on any atom is 0.292 e. The monoisotopic (exact) mass is 451 g/mol. The van der Waals surface area contributed by atoms with Crippen molar-refractivity contribution in [1.29, 1.82) is 0 Å². The van der Waals surface area contributed by atoms with Gasteiger partial charge in [0.05, 0.1) is 23.8 Å². The molecule has 6 nitrogen and oxygen atoms in total. The van der Waals surface area contributed by atoms with Crippen LogP contribution in [0.25, 0.3) is 0 Å². The van der Waals surface area contributed by atoms with Crippen molar-refractivity contribution in [1.82, 2.24) is 0 Å². The number of hydrogen-bond acceptors (Lipinski definition) is 5. The lowest BCUT2D eigenvalue weighted by Gasteiger charge is -2.32. The summed E-state index contributed by atoms with van der Waals surface area (Å²) in [5.74, 6) is -2.50. The second kappa shape index (κ2) is 7.02. The molecule has 5 rings (SSSR count). The van der Waals surface area contributed by atoms with Gasteiger partial charge in [-0.2, -0.15) is 0 Å². The number of ether oxygens (including phenoxy) is 2. The molecule has 0 N–H and O–H groups in total. The maximum absolute atomic E-state index is 14.4. The molecule has 3 aliphatic rings. The summed E-state index contributed by atoms with van der Waals surface area (Å²) in [4.78, 5) is 14.3. The van der Waals surface area contributed by atoms with Crippen molar-refractivity contribution in [2.75, 3.05) is 24.7 Å². The van der Waals surface area contributed by atoms with Gasteiger partial charge < -0.3 is 14.4 Å². The Hall–Kier alpha value is -2.00. The summed E-state index contributed by atoms with van der Waals surface area (Å²) in [5, 5.41) is 0.102. The minimum absolute atomic E-state index is 0.102. The molecule has 30 heavy (non-hydrogen) atoms. The Morgan fingerprint density at radius 1 is 1.13 bits per heavy atom. The van der Waals surface area contributed by atoms with E-state index in [1.165, 1.54) is 18.2 Å². The van der Waals surface area contributed by atoms with Crippen LogP contribution in [-0.4, -0.2) is 34.1 Å². The lowest BCUT2D eigenvalue weighted by atomic mass is 10.1. The first-order valence-electron chi connectivity index (χ1n) is 9.77. The van der Waals surface area contributed by atoms with Crippen LogP contribution in [0, 0.1) is 11.7 Å². The number of nitrogens with zero attached hydrogens (tertiary/aromatic N) is 1. The van der Waals surface area contributed by atoms with E-state index in [0.717, 1.165) is 25.0 Å². The van der Waals surface area contributed by atoms with Crippen molar-refractivity contribution in [3.05, 3.63) is 52.8 Å². The van der Waals surface area contributed by atoms with E-state index < -0.39 is 26.3 Å². The molecule has 158 valence electrons. The fourth-order valence-corrected chi connectivity index (χ4v) is 5.45. The fourth-order valence-electron chi connectivity index (χ4n) is 3.95. The zero-order chi connectivity index (χ0) is 21.1. The van der Waals surface area contributed by atoms with E-state index in [1.807, 2.05) is 0 Å². The van der Waals surface area contributed by atoms with Gasteiger partial charge in [0, 0.05) is 17.1 Å². The number of fused-ring (bicyclic) bond motifs is 2. The van der Waals surface area contributed by atoms with Crippen LogP contribution in [-0.2, 0) is 29.9 Å². The molecular weight excluding hydrogens is 433 g/mol. The Kier molecular flexibility index (Phi) is 4.66. The molecule has 1 saturated heterocycles. The molecule has 0 unspecified atom stereocenters. The SMILES string of the molecule is O=C1N(CC2CC2)c2ccc(S(=O)(=O)c3ccc(Cl)cc3F)cc2C12OCCCO2. The smallest absolute Gasteiger partial charge is 0.292 e. The summed E-state index contributed by atoms with van der Waals surface area (Å²) in [7, 11) is -4.18. The predicted molar refractivity (Wildman–Crippen MR) is 107 cm³/mol. The van der Waals surface area contributed by atoms with Gasteiger partial charge in [0.1, 0.15) is 10.7 Å². The third-order valence-corrected chi connectivity index (χ3v) is 7.69. The van der Waals surface area contributed by atoms with Gasteiger partial charge in [-0.05, 0) is 61.6 Å². The summed E-state index contributed by atoms with van der Waals surface area (Å²) < 4.78 is 52.2. The lowest BCUT2D eigenvalue weighted by Crippen LogP contribution is -2.47. The molecule has 1 saturated carbocycles. The number of sulfone groups is 1. The molecule has 2 aromatic rings. The van der Waals surface area contributed by atoms with Gasteiger partial charge in [-0.15, -0.1) is 0 Å². The average Bonchev–Trinajstić information content (AvgIpc) is 3.52. The number of carbonyl (C=O) groups is 1. The van der Waals surface area contributed by atoms with E-state index in [2.05, 4.69) is 0 Å². The largest absolute Gasteiger partial charge is 0.338 e. The number of carbonyl (C=O) groups excluding carboxylic acids is 1. The van der Waals surface area contributed by atoms with Gasteiger partial charge in [0.25, 0.3) is 11.7 Å². The first-order chi connectivity index (χ1) is 14.3. The van der Waals surface area contributed by atoms with Crippen LogP contribution in [0.5, 0.6) is 0 Å². The zero-order valence-electron chi connectivity index (χ0n) is 15.9. The zero-order valence-corrected chi connectivity index (χ0v) is 17.5. The molecule has 2 aliphatic heterocycles. The molecular formula is C21H19ClFNO5S. The lowest BCUT2D eigenvalue weighted by molar-refractivity contribution is -0.256. The summed E-state index contributed by atoms with van der Waals surface area (Å²) in [5.41, 5.74) is 0.924. The molecule has 2 aromatic carbocycles. The summed E-state index contributed by atoms with van der Waals surface area (Å²) in [6.45, 7) is 1.19. The molecule has 0 atom stereocenters. The molecule has 2 heterocycles. The summed E-state index contributed by atoms with van der Waals surface area (Å²) in [6.07, 6.45) is 2.74. The summed E-state index contributed by atoms with van der Waals surface area (Å²) in [6, 6.07) is 7.74. The highest BCUT2D eigenvalue weighted by Crippen LogP contribution is 2.48. The highest BCUT2D eigenvalue weighted by atomic mass is 35.5. The molecule has 1 spiro atoms. The van der Waals surface area contributed by atoms with E-state index >= 15 is 0 Å². The van der Waals surface area contributed by atoms with E-state index in [4.69, 9.17) is 21.1 Å². The van der Waals surface area contributed by atoms with Crippen LogP contribution in [0.2, 0.25) is 5.02 Å². The number of benzene rings is 2. The van der Waals surface area contributed by atoms with E-state index in [0.29, 0.717) is 43.3 Å². The van der Waals surface area contributed by atoms with Gasteiger partial charge in [0.15, 0.2) is 0 Å². The molecule has 0 bridgehead atoms. The van der Waals surface area contributed by atoms with Crippen molar-refractivity contribution in [3.8, 4) is 0 Å². The molecule has 2 fully saturated rings. The van der Waals surface area contributed by atoms with Gasteiger partial charge in [0.2, 0.25) is 9.84 Å². The average molecular weight is 452 g/mol. The second-order valence-electron chi connectivity index (χ2n) is 7.78. The van der Waals surface area contributed by atoms with Crippen LogP contribution in [0.15, 0.2) is 46.2 Å². The fraction of sp³-hybridized carbons (Fsp3) is 0.381. The summed E-state index contributed by atoms with van der Waals surface area (Å²) >= 11 is 5.75. The first kappa shape index (κ1) is 19.9. The molecule has 9 heteroatoms. The van der Waals surface area contributed by atoms with Crippen molar-refractivity contribution in [3.63, 3.8) is 0 Å². The van der Waals surface area contributed by atoms with Gasteiger partial charge >= 0.3 is 0 Å². The Morgan fingerprint density at radius 3 is 2.53 bits per heavy atom. The van der Waals surface area contributed by atoms with E-state index in [1.54, 1.807) is 11.0 Å². The minimum Gasteiger partial charge on any atom is -0.338 e. The van der Waals surface area contributed by atoms with Gasteiger partial charge in [-0.25, -0.2) is 12.8 Å². The van der Waals surface area contributed by atoms with E-state index in [-0.39, 0.29) is 15.8 Å². The molecule has 1 aliphatic carbocycles. The van der Waals surface area contributed by atoms with E-state index in [9.17, 15) is 17.6 Å². The quantitative estimate of drug-likeness (QED) is 0.709. The predicted octanol–water partition coefficient (Wildman–Crippen LogP) is 3.66. The highest BCUT2D eigenvalue weighted by molar-refractivity contribution is 7.91. The molecule has 0 radical (unpaired) electrons. The second-order valence-corrected chi connectivity index (χ2v) is 10.1. The van der Waals surface area contributed by atoms with Crippen LogP contribution < -0.4 is 4.90 Å². The van der Waals surface area contributed by atoms with Gasteiger partial charge in [-0.1, -0.05) is 11.6 Å². The molecule has 1 amide bonds. The minimum atomic E-state index is -4.18. The van der Waals surface area contributed by atoms with Crippen LogP contribution in [0.1, 0.15) is 24.8 Å². The number of halogens is 2. The Labute approximate surface area is 178 Å². The number of anilines is 1. The number of amides is 1. The van der Waals surface area contributed by atoms with Crippen molar-refractivity contribution in [2.45, 2.75) is 34.8 Å². The van der Waals surface area contributed by atoms with Gasteiger partial charge in [-0.3, -0.25) is 4.79 Å². The molecule has 0 aromatic heterocycles. The number of rotatable bonds is 4. The Morgan fingerprint density at radius 2 is 1.87 bits per heavy atom. The highest BCUT2D eigenvalue weighted by Gasteiger charge is 2.55. The van der Waals surface area contributed by atoms with Crippen LogP contribution in [0.4, 0.5) is 10.1 Å². The maximum atomic E-state index is 14.4. The number of hydrogen-bond donors (Lipinski definition) is 0. The Bertz CT molecular complexity index is 1140. The topological polar surface area (TPSA) is 72.9 Å². The standard InChI is InChI=1S/C21H19ClFNO5S/c22-14-4-7-19(17(23)10-14)30(26,27)15-5-6-18-16(11-15)21(28-8-1-9-29-21)20(25)24(18)12-13-2-3-13/h4-7,10-11,13H,1-3,8-9,12H2. The third-order valence-electron chi connectivity index (χ3n) is 5.67. The van der Waals surface area contributed by atoms with Crippen LogP contribution >= 0.6 is 11.6 Å². The Balaban J connectivity index is 1.63. The third kappa shape index (κ3) is 3.05. The van der Waals surface area contributed by atoms with Crippen molar-refractivity contribution >= 4 is 33.0 Å². The van der Waals surface area contributed by atoms with Crippen LogP contribution in [0.3, 0.4) is 0 Å². The first-order valence-corrected chi connectivity index (χ1v) is 11.6. The normalized spacial score (nSPS) is 20.6. The van der Waals surface area contributed by atoms with Crippen molar-refractivity contribution in [2.24, 2.45) is 5.92 Å². The van der Waals surface area contributed by atoms with Crippen molar-refractivity contribution < 1.29 is 27.1 Å².